The minimum Gasteiger partial charge on any atom is -0.308 e. The van der Waals surface area contributed by atoms with E-state index in [2.05, 4.69) is 26.6 Å². The van der Waals surface area contributed by atoms with E-state index in [1.807, 2.05) is 30.5 Å². The molecule has 0 radical (unpaired) electrons. The predicted octanol–water partition coefficient (Wildman–Crippen LogP) is 3.01. The average Bonchev–Trinajstić information content (AvgIpc) is 3.21. The van der Waals surface area contributed by atoms with Gasteiger partial charge in [-0.15, -0.1) is 10.2 Å². The molecule has 5 heteroatoms. The number of nitrogens with zero attached hydrogens (tertiary/aromatic N) is 3. The maximum absolute atomic E-state index is 4.39. The van der Waals surface area contributed by atoms with Gasteiger partial charge in [0.25, 0.3) is 0 Å². The summed E-state index contributed by atoms with van der Waals surface area (Å²) in [4.78, 5) is 4.39. The Labute approximate surface area is 120 Å². The van der Waals surface area contributed by atoms with Crippen molar-refractivity contribution < 1.29 is 0 Å². The first kappa shape index (κ1) is 11.9. The minimum absolute atomic E-state index is 0.698. The van der Waals surface area contributed by atoms with Crippen molar-refractivity contribution in [1.29, 1.82) is 0 Å². The van der Waals surface area contributed by atoms with Crippen molar-refractivity contribution in [2.45, 2.75) is 25.4 Å². The number of para-hydroxylation sites is 1. The van der Waals surface area contributed by atoms with Crippen LogP contribution in [-0.4, -0.2) is 21.2 Å². The zero-order valence-electron chi connectivity index (χ0n) is 10.9. The van der Waals surface area contributed by atoms with Crippen LogP contribution < -0.4 is 5.32 Å². The second-order valence-corrected chi connectivity index (χ2v) is 6.09. The molecule has 1 saturated carbocycles. The fourth-order valence-corrected chi connectivity index (χ4v) is 3.07. The van der Waals surface area contributed by atoms with Gasteiger partial charge in [-0.05, 0) is 25.0 Å². The molecule has 1 fully saturated rings. The molecule has 4 rings (SSSR count). The Bertz CT molecular complexity index is 743. The average molecular weight is 282 g/mol. The van der Waals surface area contributed by atoms with Gasteiger partial charge in [0.2, 0.25) is 0 Å². The highest BCUT2D eigenvalue weighted by Crippen LogP contribution is 2.30. The topological polar surface area (TPSA) is 50.7 Å². The molecule has 0 unspecified atom stereocenters. The molecule has 0 atom stereocenters. The maximum Gasteiger partial charge on any atom is 0.148 e. The second-order valence-electron chi connectivity index (χ2n) is 5.03. The van der Waals surface area contributed by atoms with Gasteiger partial charge in [0.05, 0.1) is 5.52 Å². The Morgan fingerprint density at radius 3 is 2.95 bits per heavy atom. The van der Waals surface area contributed by atoms with Crippen molar-refractivity contribution in [3.05, 3.63) is 41.5 Å². The van der Waals surface area contributed by atoms with Crippen molar-refractivity contribution >= 4 is 22.2 Å². The second kappa shape index (κ2) is 4.92. The Balaban J connectivity index is 1.67. The van der Waals surface area contributed by atoms with E-state index in [-0.39, 0.29) is 0 Å². The van der Waals surface area contributed by atoms with Crippen molar-refractivity contribution in [1.82, 2.24) is 20.5 Å². The fraction of sp³-hybridized carbons (Fsp3) is 0.267. The zero-order chi connectivity index (χ0) is 13.4. The molecule has 2 aromatic heterocycles. The standard InChI is InChI=1S/C15H14N4S/c1-2-4-13-11(3-1)12(7-8-16-13)15-19-18-14(20-15)9-17-10-5-6-10/h1-4,7-8,10,17H,5-6,9H2. The first-order valence-corrected chi connectivity index (χ1v) is 7.62. The van der Waals surface area contributed by atoms with Crippen LogP contribution in [0.5, 0.6) is 0 Å². The highest BCUT2D eigenvalue weighted by molar-refractivity contribution is 7.14. The summed E-state index contributed by atoms with van der Waals surface area (Å²) in [6.07, 6.45) is 4.42. The number of pyridine rings is 1. The Kier molecular flexibility index (Phi) is 2.94. The molecule has 20 heavy (non-hydrogen) atoms. The molecule has 4 nitrogen and oxygen atoms in total. The summed E-state index contributed by atoms with van der Waals surface area (Å²) in [5, 5.41) is 15.2. The van der Waals surface area contributed by atoms with Crippen LogP contribution in [0.1, 0.15) is 17.8 Å². The number of hydrogen-bond donors (Lipinski definition) is 1. The van der Waals surface area contributed by atoms with E-state index >= 15 is 0 Å². The third-order valence-corrected chi connectivity index (χ3v) is 4.42. The highest BCUT2D eigenvalue weighted by Gasteiger charge is 2.21. The molecule has 1 N–H and O–H groups in total. The third kappa shape index (κ3) is 2.30. The Hall–Kier alpha value is -1.85. The van der Waals surface area contributed by atoms with Gasteiger partial charge in [-0.25, -0.2) is 0 Å². The molecule has 1 aliphatic rings. The van der Waals surface area contributed by atoms with E-state index in [1.165, 1.54) is 12.8 Å². The van der Waals surface area contributed by atoms with Gasteiger partial charge in [0, 0.05) is 29.7 Å². The molecular formula is C15H14N4S. The molecule has 0 aliphatic heterocycles. The molecule has 2 heterocycles. The lowest BCUT2D eigenvalue weighted by molar-refractivity contribution is 0.679. The van der Waals surface area contributed by atoms with Crippen molar-refractivity contribution in [3.8, 4) is 10.6 Å². The first-order valence-electron chi connectivity index (χ1n) is 6.80. The summed E-state index contributed by atoms with van der Waals surface area (Å²) in [5.74, 6) is 0. The van der Waals surface area contributed by atoms with Gasteiger partial charge < -0.3 is 5.32 Å². The largest absolute Gasteiger partial charge is 0.308 e. The normalized spacial score (nSPS) is 14.8. The first-order chi connectivity index (χ1) is 9.90. The van der Waals surface area contributed by atoms with Crippen LogP contribution >= 0.6 is 11.3 Å². The molecule has 0 saturated heterocycles. The Morgan fingerprint density at radius 1 is 1.15 bits per heavy atom. The Morgan fingerprint density at radius 2 is 2.05 bits per heavy atom. The summed E-state index contributed by atoms with van der Waals surface area (Å²) >= 11 is 1.66. The molecule has 100 valence electrons. The van der Waals surface area contributed by atoms with Gasteiger partial charge in [-0.3, -0.25) is 4.98 Å². The quantitative estimate of drug-likeness (QED) is 0.799. The van der Waals surface area contributed by atoms with E-state index in [4.69, 9.17) is 0 Å². The number of rotatable bonds is 4. The number of aromatic nitrogens is 3. The van der Waals surface area contributed by atoms with Gasteiger partial charge in [-0.2, -0.15) is 0 Å². The van der Waals surface area contributed by atoms with E-state index < -0.39 is 0 Å². The molecule has 0 amide bonds. The van der Waals surface area contributed by atoms with E-state index in [9.17, 15) is 0 Å². The number of fused-ring (bicyclic) bond motifs is 1. The van der Waals surface area contributed by atoms with Gasteiger partial charge in [-0.1, -0.05) is 29.5 Å². The number of nitrogens with one attached hydrogen (secondary N) is 1. The van der Waals surface area contributed by atoms with Gasteiger partial charge in [0.1, 0.15) is 10.0 Å². The molecule has 1 aromatic carbocycles. The fourth-order valence-electron chi connectivity index (χ4n) is 2.24. The summed E-state index contributed by atoms with van der Waals surface area (Å²) in [6.45, 7) is 0.825. The number of hydrogen-bond acceptors (Lipinski definition) is 5. The van der Waals surface area contributed by atoms with E-state index in [0.717, 1.165) is 33.0 Å². The van der Waals surface area contributed by atoms with Gasteiger partial charge in [0.15, 0.2) is 0 Å². The highest BCUT2D eigenvalue weighted by atomic mass is 32.1. The summed E-state index contributed by atoms with van der Waals surface area (Å²) in [6, 6.07) is 10.9. The predicted molar refractivity (Wildman–Crippen MR) is 80.5 cm³/mol. The van der Waals surface area contributed by atoms with Crippen LogP contribution in [0.3, 0.4) is 0 Å². The molecular weight excluding hydrogens is 268 g/mol. The maximum atomic E-state index is 4.39. The summed E-state index contributed by atoms with van der Waals surface area (Å²) in [7, 11) is 0. The van der Waals surface area contributed by atoms with E-state index in [0.29, 0.717) is 6.04 Å². The monoisotopic (exact) mass is 282 g/mol. The molecule has 3 aromatic rings. The van der Waals surface area contributed by atoms with Crippen LogP contribution in [0.25, 0.3) is 21.5 Å². The lowest BCUT2D eigenvalue weighted by atomic mass is 10.1. The van der Waals surface area contributed by atoms with E-state index in [1.54, 1.807) is 11.3 Å². The lowest BCUT2D eigenvalue weighted by Gasteiger charge is -2.01. The smallest absolute Gasteiger partial charge is 0.148 e. The SMILES string of the molecule is c1ccc2c(-c3nnc(CNC4CC4)s3)ccnc2c1. The summed E-state index contributed by atoms with van der Waals surface area (Å²) < 4.78 is 0. The van der Waals surface area contributed by atoms with Crippen molar-refractivity contribution in [2.75, 3.05) is 0 Å². The third-order valence-electron chi connectivity index (χ3n) is 3.47. The van der Waals surface area contributed by atoms with Crippen LogP contribution in [0, 0.1) is 0 Å². The zero-order valence-corrected chi connectivity index (χ0v) is 11.7. The van der Waals surface area contributed by atoms with Crippen molar-refractivity contribution in [2.24, 2.45) is 0 Å². The van der Waals surface area contributed by atoms with Crippen LogP contribution in [0.4, 0.5) is 0 Å². The van der Waals surface area contributed by atoms with Gasteiger partial charge >= 0.3 is 0 Å². The number of benzene rings is 1. The molecule has 1 aliphatic carbocycles. The van der Waals surface area contributed by atoms with Crippen LogP contribution in [0.15, 0.2) is 36.5 Å². The minimum atomic E-state index is 0.698. The van der Waals surface area contributed by atoms with Crippen LogP contribution in [0.2, 0.25) is 0 Å². The lowest BCUT2D eigenvalue weighted by Crippen LogP contribution is -2.14. The van der Waals surface area contributed by atoms with Crippen LogP contribution in [-0.2, 0) is 6.54 Å². The molecule has 0 bridgehead atoms. The summed E-state index contributed by atoms with van der Waals surface area (Å²) in [5.41, 5.74) is 2.11. The molecule has 0 spiro atoms. The van der Waals surface area contributed by atoms with Crippen molar-refractivity contribution in [3.63, 3.8) is 0 Å².